The number of ether oxygens (including phenoxy) is 2. The second-order valence-electron chi connectivity index (χ2n) is 12.5. The van der Waals surface area contributed by atoms with Crippen LogP contribution in [0.2, 0.25) is 0 Å². The maximum atomic E-state index is 14.1. The van der Waals surface area contributed by atoms with Gasteiger partial charge in [-0.15, -0.1) is 0 Å². The number of anilines is 1. The number of rotatable bonds is 0. The number of nitrogens with zero attached hydrogens (tertiary/aromatic N) is 2. The molecule has 2 bridgehead atoms. The molecule has 4 fully saturated rings. The lowest BCUT2D eigenvalue weighted by atomic mass is 9.56. The van der Waals surface area contributed by atoms with Gasteiger partial charge in [0.2, 0.25) is 17.7 Å². The van der Waals surface area contributed by atoms with Crippen LogP contribution in [0.15, 0.2) is 36.6 Å². The average Bonchev–Trinajstić information content (AvgIpc) is 3.13. The Morgan fingerprint density at radius 3 is 2.67 bits per heavy atom. The van der Waals surface area contributed by atoms with Crippen molar-refractivity contribution in [2.24, 2.45) is 11.3 Å². The van der Waals surface area contributed by atoms with Crippen LogP contribution in [0.4, 0.5) is 5.69 Å². The number of carbonyl (C=O) groups is 3. The number of piperidine rings is 2. The van der Waals surface area contributed by atoms with Crippen LogP contribution in [0.5, 0.6) is 11.5 Å². The summed E-state index contributed by atoms with van der Waals surface area (Å²) in [4.78, 5) is 44.6. The second kappa shape index (κ2) is 6.15. The third kappa shape index (κ3) is 2.17. The van der Waals surface area contributed by atoms with Crippen LogP contribution in [-0.2, 0) is 19.8 Å². The zero-order valence-corrected chi connectivity index (χ0v) is 21.3. The molecule has 8 heteroatoms. The van der Waals surface area contributed by atoms with E-state index in [1.165, 1.54) is 0 Å². The molecule has 1 aromatic carbocycles. The van der Waals surface area contributed by atoms with Crippen LogP contribution >= 0.6 is 0 Å². The monoisotopic (exact) mass is 489 g/mol. The first kappa shape index (κ1) is 21.9. The molecule has 1 aromatic rings. The zero-order chi connectivity index (χ0) is 25.5. The molecule has 3 saturated heterocycles. The van der Waals surface area contributed by atoms with Crippen LogP contribution in [0.1, 0.15) is 52.5 Å². The molecule has 6 aliphatic heterocycles. The quantitative estimate of drug-likeness (QED) is 0.605. The van der Waals surface area contributed by atoms with Gasteiger partial charge in [0.1, 0.15) is 11.1 Å². The SMILES string of the molecule is CN1C(=O)[C@@]23CC=CC(=O)N2C[C@@]12C[C@@]1(C(=O)Nc4c1ccc1c4OC=CC(C)(C)O1)C(C)(C)[C@@H]2C3. The largest absolute Gasteiger partial charge is 0.480 e. The molecular formula is C28H31N3O5. The number of likely N-dealkylation sites (N-methyl/N-ethyl adjacent to an activating group) is 1. The first-order valence-electron chi connectivity index (χ1n) is 12.7. The van der Waals surface area contributed by atoms with Crippen molar-refractivity contribution in [2.45, 2.75) is 69.1 Å². The fourth-order valence-corrected chi connectivity index (χ4v) is 8.44. The molecule has 0 radical (unpaired) electrons. The van der Waals surface area contributed by atoms with Gasteiger partial charge >= 0.3 is 0 Å². The first-order chi connectivity index (χ1) is 16.9. The number of benzene rings is 1. The Morgan fingerprint density at radius 1 is 1.11 bits per heavy atom. The van der Waals surface area contributed by atoms with Crippen LogP contribution in [-0.4, -0.2) is 57.8 Å². The minimum atomic E-state index is -0.887. The predicted molar refractivity (Wildman–Crippen MR) is 131 cm³/mol. The van der Waals surface area contributed by atoms with Crippen molar-refractivity contribution in [3.8, 4) is 11.5 Å². The molecular weight excluding hydrogens is 458 g/mol. The van der Waals surface area contributed by atoms with Crippen molar-refractivity contribution in [2.75, 3.05) is 18.9 Å². The van der Waals surface area contributed by atoms with E-state index in [9.17, 15) is 14.4 Å². The van der Waals surface area contributed by atoms with Crippen molar-refractivity contribution < 1.29 is 23.9 Å². The van der Waals surface area contributed by atoms with E-state index in [-0.39, 0.29) is 23.6 Å². The average molecular weight is 490 g/mol. The number of amides is 3. The van der Waals surface area contributed by atoms with Crippen LogP contribution in [0.25, 0.3) is 0 Å². The summed E-state index contributed by atoms with van der Waals surface area (Å²) < 4.78 is 12.2. The second-order valence-corrected chi connectivity index (χ2v) is 12.5. The third-order valence-electron chi connectivity index (χ3n) is 10.3. The number of carbonyl (C=O) groups excluding carboxylic acids is 3. The van der Waals surface area contributed by atoms with Crippen LogP contribution in [0, 0.1) is 11.3 Å². The molecule has 3 amide bonds. The van der Waals surface area contributed by atoms with Gasteiger partial charge in [-0.1, -0.05) is 26.0 Å². The zero-order valence-electron chi connectivity index (χ0n) is 21.3. The number of hydrogen-bond acceptors (Lipinski definition) is 5. The molecule has 1 N–H and O–H groups in total. The van der Waals surface area contributed by atoms with Crippen molar-refractivity contribution in [3.63, 3.8) is 0 Å². The maximum Gasteiger partial charge on any atom is 0.249 e. The van der Waals surface area contributed by atoms with Crippen molar-refractivity contribution >= 4 is 23.4 Å². The number of nitrogens with one attached hydrogen (secondary N) is 1. The van der Waals surface area contributed by atoms with Gasteiger partial charge in [0.15, 0.2) is 11.5 Å². The molecule has 1 aliphatic carbocycles. The van der Waals surface area contributed by atoms with E-state index in [2.05, 4.69) is 19.2 Å². The molecule has 0 unspecified atom stereocenters. The Balaban J connectivity index is 1.42. The van der Waals surface area contributed by atoms with Gasteiger partial charge in [-0.3, -0.25) is 14.4 Å². The van der Waals surface area contributed by atoms with Gasteiger partial charge in [0, 0.05) is 13.6 Å². The van der Waals surface area contributed by atoms with Crippen molar-refractivity contribution in [1.29, 1.82) is 0 Å². The van der Waals surface area contributed by atoms with Gasteiger partial charge < -0.3 is 24.6 Å². The fourth-order valence-electron chi connectivity index (χ4n) is 8.44. The molecule has 8 nitrogen and oxygen atoms in total. The van der Waals surface area contributed by atoms with Crippen molar-refractivity contribution in [3.05, 3.63) is 42.2 Å². The highest BCUT2D eigenvalue weighted by atomic mass is 16.5. The van der Waals surface area contributed by atoms with E-state index >= 15 is 0 Å². The number of hydrogen-bond donors (Lipinski definition) is 1. The maximum absolute atomic E-state index is 14.1. The summed E-state index contributed by atoms with van der Waals surface area (Å²) in [6.45, 7) is 8.67. The summed E-state index contributed by atoms with van der Waals surface area (Å²) in [7, 11) is 1.86. The van der Waals surface area contributed by atoms with Gasteiger partial charge in [0.25, 0.3) is 0 Å². The lowest BCUT2D eigenvalue weighted by molar-refractivity contribution is -0.194. The molecule has 36 heavy (non-hydrogen) atoms. The summed E-state index contributed by atoms with van der Waals surface area (Å²) in [6, 6.07) is 3.88. The molecule has 6 heterocycles. The lowest BCUT2D eigenvalue weighted by Gasteiger charge is -2.66. The highest BCUT2D eigenvalue weighted by molar-refractivity contribution is 6.10. The van der Waals surface area contributed by atoms with E-state index in [0.29, 0.717) is 43.0 Å². The Kier molecular flexibility index (Phi) is 3.75. The summed E-state index contributed by atoms with van der Waals surface area (Å²) in [5.74, 6) is 0.913. The Bertz CT molecular complexity index is 1340. The molecule has 1 saturated carbocycles. The molecule has 4 atom stereocenters. The summed E-state index contributed by atoms with van der Waals surface area (Å²) in [6.07, 6.45) is 8.40. The molecule has 188 valence electrons. The van der Waals surface area contributed by atoms with Crippen LogP contribution in [0.3, 0.4) is 0 Å². The summed E-state index contributed by atoms with van der Waals surface area (Å²) in [5.41, 5.74) is -1.91. The van der Waals surface area contributed by atoms with E-state index in [1.54, 1.807) is 17.2 Å². The molecule has 0 aromatic heterocycles. The number of fused-ring (bicyclic) bond motifs is 5. The highest BCUT2D eigenvalue weighted by Crippen LogP contribution is 2.72. The molecule has 7 aliphatic rings. The van der Waals surface area contributed by atoms with E-state index in [0.717, 1.165) is 5.56 Å². The lowest BCUT2D eigenvalue weighted by Crippen LogP contribution is -2.81. The normalized spacial score (nSPS) is 38.1. The minimum Gasteiger partial charge on any atom is -0.480 e. The smallest absolute Gasteiger partial charge is 0.249 e. The van der Waals surface area contributed by atoms with E-state index in [1.807, 2.05) is 50.1 Å². The minimum absolute atomic E-state index is 0.0137. The highest BCUT2D eigenvalue weighted by Gasteiger charge is 2.79. The Morgan fingerprint density at radius 2 is 1.89 bits per heavy atom. The standard InChI is InChI=1S/C28H31N3O5/c1-24(2)11-12-35-21-17(36-24)9-8-16-20(21)29-22(33)28(16)14-27-15-31-19(32)7-6-10-26(31,23(34)30(27)5)13-18(27)25(28,3)4/h6-9,11-12,18H,10,13-15H2,1-5H3,(H,29,33)/t18-,26-,27+,28+/m0/s1. The first-order valence-corrected chi connectivity index (χ1v) is 12.7. The summed E-state index contributed by atoms with van der Waals surface area (Å²) >= 11 is 0. The fraction of sp³-hybridized carbons (Fsp3) is 0.536. The van der Waals surface area contributed by atoms with Gasteiger partial charge in [-0.25, -0.2) is 0 Å². The topological polar surface area (TPSA) is 88.2 Å². The van der Waals surface area contributed by atoms with Crippen LogP contribution < -0.4 is 14.8 Å². The predicted octanol–water partition coefficient (Wildman–Crippen LogP) is 3.13. The molecule has 3 spiro atoms. The molecule has 8 rings (SSSR count). The van der Waals surface area contributed by atoms with Gasteiger partial charge in [-0.2, -0.15) is 0 Å². The third-order valence-corrected chi connectivity index (χ3v) is 10.3. The van der Waals surface area contributed by atoms with Crippen molar-refractivity contribution in [1.82, 2.24) is 9.80 Å². The Labute approximate surface area is 210 Å². The summed E-state index contributed by atoms with van der Waals surface area (Å²) in [5, 5.41) is 3.16. The van der Waals surface area contributed by atoms with Gasteiger partial charge in [-0.05, 0) is 68.2 Å². The van der Waals surface area contributed by atoms with Gasteiger partial charge in [0.05, 0.1) is 22.9 Å². The number of piperazine rings is 1. The Hall–Kier alpha value is -3.29. The van der Waals surface area contributed by atoms with E-state index in [4.69, 9.17) is 9.47 Å². The van der Waals surface area contributed by atoms with E-state index < -0.39 is 27.5 Å².